The lowest BCUT2D eigenvalue weighted by atomic mass is 10.2. The molecular formula is C10H8ClN5. The molecule has 0 radical (unpaired) electrons. The summed E-state index contributed by atoms with van der Waals surface area (Å²) in [5.74, 6) is 0.475. The molecule has 0 amide bonds. The third kappa shape index (κ3) is 2.18. The monoisotopic (exact) mass is 233 g/mol. The Balaban J connectivity index is 2.26. The van der Waals surface area contributed by atoms with Crippen LogP contribution in [0.2, 0.25) is 5.02 Å². The highest BCUT2D eigenvalue weighted by molar-refractivity contribution is 6.33. The van der Waals surface area contributed by atoms with Crippen LogP contribution in [-0.2, 0) is 6.54 Å². The minimum atomic E-state index is 0.359. The summed E-state index contributed by atoms with van der Waals surface area (Å²) in [4.78, 5) is 1.39. The van der Waals surface area contributed by atoms with Gasteiger partial charge in [-0.3, -0.25) is 0 Å². The van der Waals surface area contributed by atoms with Gasteiger partial charge in [0.2, 0.25) is 5.82 Å². The molecule has 1 heterocycles. The van der Waals surface area contributed by atoms with Crippen LogP contribution in [0.4, 0.5) is 0 Å². The molecule has 2 aromatic rings. The van der Waals surface area contributed by atoms with E-state index in [1.165, 1.54) is 4.80 Å². The highest BCUT2D eigenvalue weighted by Gasteiger charge is 2.08. The van der Waals surface area contributed by atoms with Crippen molar-refractivity contribution in [1.29, 1.82) is 5.26 Å². The van der Waals surface area contributed by atoms with Crippen molar-refractivity contribution in [3.05, 3.63) is 29.3 Å². The highest BCUT2D eigenvalue weighted by Crippen LogP contribution is 2.23. The zero-order chi connectivity index (χ0) is 11.4. The van der Waals surface area contributed by atoms with Gasteiger partial charge in [0, 0.05) is 5.56 Å². The average molecular weight is 234 g/mol. The summed E-state index contributed by atoms with van der Waals surface area (Å²) < 4.78 is 0. The first-order valence-corrected chi connectivity index (χ1v) is 5.08. The van der Waals surface area contributed by atoms with E-state index < -0.39 is 0 Å². The van der Waals surface area contributed by atoms with E-state index in [1.54, 1.807) is 6.07 Å². The van der Waals surface area contributed by atoms with Gasteiger partial charge in [0.1, 0.15) is 0 Å². The molecule has 0 unspecified atom stereocenters. The van der Waals surface area contributed by atoms with Gasteiger partial charge < -0.3 is 0 Å². The normalized spacial score (nSPS) is 10.0. The van der Waals surface area contributed by atoms with E-state index in [9.17, 15) is 0 Å². The van der Waals surface area contributed by atoms with Gasteiger partial charge in [-0.1, -0.05) is 23.7 Å². The van der Waals surface area contributed by atoms with Crippen LogP contribution in [0.25, 0.3) is 11.4 Å². The molecule has 0 fully saturated rings. The van der Waals surface area contributed by atoms with E-state index in [-0.39, 0.29) is 0 Å². The van der Waals surface area contributed by atoms with Crippen molar-refractivity contribution < 1.29 is 0 Å². The van der Waals surface area contributed by atoms with Crippen molar-refractivity contribution in [1.82, 2.24) is 20.2 Å². The van der Waals surface area contributed by atoms with Gasteiger partial charge in [0.05, 0.1) is 24.1 Å². The first-order valence-electron chi connectivity index (χ1n) is 4.71. The number of nitriles is 1. The Kier molecular flexibility index (Phi) is 3.13. The zero-order valence-corrected chi connectivity index (χ0v) is 9.09. The quantitative estimate of drug-likeness (QED) is 0.812. The second kappa shape index (κ2) is 4.73. The molecule has 2 rings (SSSR count). The third-order valence-corrected chi connectivity index (χ3v) is 2.32. The molecule has 0 atom stereocenters. The molecule has 1 aromatic carbocycles. The number of tetrazole rings is 1. The molecule has 0 saturated heterocycles. The molecule has 0 aliphatic rings. The van der Waals surface area contributed by atoms with E-state index in [0.717, 1.165) is 5.56 Å². The first-order chi connectivity index (χ1) is 7.81. The maximum Gasteiger partial charge on any atom is 0.206 e. The largest absolute Gasteiger partial charge is 0.206 e. The molecule has 0 N–H and O–H groups in total. The number of benzene rings is 1. The number of rotatable bonds is 3. The number of nitrogens with zero attached hydrogens (tertiary/aromatic N) is 5. The highest BCUT2D eigenvalue weighted by atomic mass is 35.5. The standard InChI is InChI=1S/C10H8ClN5/c11-9-5-2-1-4-8(9)10-13-15-16(14-10)7-3-6-12/h1-2,4-5H,3,7H2. The molecule has 0 bridgehead atoms. The van der Waals surface area contributed by atoms with Crippen LogP contribution in [-0.4, -0.2) is 20.2 Å². The predicted molar refractivity (Wildman–Crippen MR) is 58.5 cm³/mol. The molecule has 0 spiro atoms. The fourth-order valence-electron chi connectivity index (χ4n) is 1.24. The third-order valence-electron chi connectivity index (χ3n) is 1.99. The molecule has 6 heteroatoms. The van der Waals surface area contributed by atoms with E-state index in [0.29, 0.717) is 23.8 Å². The van der Waals surface area contributed by atoms with Gasteiger partial charge in [-0.15, -0.1) is 10.2 Å². The Hall–Kier alpha value is -1.93. The number of aromatic nitrogens is 4. The lowest BCUT2D eigenvalue weighted by molar-refractivity contribution is 0.531. The Bertz CT molecular complexity index is 528. The fraction of sp³-hybridized carbons (Fsp3) is 0.200. The van der Waals surface area contributed by atoms with Crippen LogP contribution in [0.5, 0.6) is 0 Å². The zero-order valence-electron chi connectivity index (χ0n) is 8.34. The van der Waals surface area contributed by atoms with E-state index in [4.69, 9.17) is 16.9 Å². The minimum absolute atomic E-state index is 0.359. The predicted octanol–water partition coefficient (Wildman–Crippen LogP) is 1.91. The Labute approximate surface area is 97.3 Å². The molecule has 0 saturated carbocycles. The number of hydrogen-bond acceptors (Lipinski definition) is 4. The lowest BCUT2D eigenvalue weighted by Gasteiger charge is -1.96. The summed E-state index contributed by atoms with van der Waals surface area (Å²) in [7, 11) is 0. The SMILES string of the molecule is N#CCCn1nnc(-c2ccccc2Cl)n1. The van der Waals surface area contributed by atoms with Gasteiger partial charge in [-0.2, -0.15) is 10.1 Å². The summed E-state index contributed by atoms with van der Waals surface area (Å²) in [6.45, 7) is 0.438. The first kappa shape index (κ1) is 10.6. The molecule has 0 aliphatic carbocycles. The molecule has 80 valence electrons. The van der Waals surface area contributed by atoms with E-state index in [2.05, 4.69) is 15.4 Å². The topological polar surface area (TPSA) is 67.4 Å². The Morgan fingerprint density at radius 1 is 1.38 bits per heavy atom. The van der Waals surface area contributed by atoms with E-state index in [1.807, 2.05) is 24.3 Å². The van der Waals surface area contributed by atoms with Crippen molar-refractivity contribution >= 4 is 11.6 Å². The van der Waals surface area contributed by atoms with Crippen LogP contribution in [0, 0.1) is 11.3 Å². The van der Waals surface area contributed by atoms with Crippen molar-refractivity contribution in [2.75, 3.05) is 0 Å². The van der Waals surface area contributed by atoms with Gasteiger partial charge in [-0.05, 0) is 17.3 Å². The molecule has 5 nitrogen and oxygen atoms in total. The smallest absolute Gasteiger partial charge is 0.198 e. The van der Waals surface area contributed by atoms with Crippen molar-refractivity contribution in [2.24, 2.45) is 0 Å². The van der Waals surface area contributed by atoms with Crippen LogP contribution in [0.15, 0.2) is 24.3 Å². The molecule has 1 aromatic heterocycles. The molecule has 0 aliphatic heterocycles. The fourth-order valence-corrected chi connectivity index (χ4v) is 1.46. The summed E-state index contributed by atoms with van der Waals surface area (Å²) in [6.07, 6.45) is 0.359. The molecule has 16 heavy (non-hydrogen) atoms. The number of halogens is 1. The summed E-state index contributed by atoms with van der Waals surface area (Å²) >= 11 is 6.00. The van der Waals surface area contributed by atoms with Crippen LogP contribution < -0.4 is 0 Å². The van der Waals surface area contributed by atoms with Gasteiger partial charge in [0.15, 0.2) is 0 Å². The number of hydrogen-bond donors (Lipinski definition) is 0. The minimum Gasteiger partial charge on any atom is -0.198 e. The lowest BCUT2D eigenvalue weighted by Crippen LogP contribution is -2.01. The van der Waals surface area contributed by atoms with Crippen LogP contribution in [0.1, 0.15) is 6.42 Å². The summed E-state index contributed by atoms with van der Waals surface area (Å²) in [5.41, 5.74) is 0.743. The second-order valence-electron chi connectivity index (χ2n) is 3.10. The summed E-state index contributed by atoms with van der Waals surface area (Å²) in [6, 6.07) is 9.32. The van der Waals surface area contributed by atoms with Crippen LogP contribution >= 0.6 is 11.6 Å². The average Bonchev–Trinajstić information content (AvgIpc) is 2.75. The van der Waals surface area contributed by atoms with Gasteiger partial charge in [0.25, 0.3) is 0 Å². The Morgan fingerprint density at radius 3 is 2.94 bits per heavy atom. The second-order valence-corrected chi connectivity index (χ2v) is 3.50. The molecular weight excluding hydrogens is 226 g/mol. The van der Waals surface area contributed by atoms with E-state index >= 15 is 0 Å². The van der Waals surface area contributed by atoms with Crippen molar-refractivity contribution in [2.45, 2.75) is 13.0 Å². The maximum absolute atomic E-state index is 8.44. The maximum atomic E-state index is 8.44. The van der Waals surface area contributed by atoms with Crippen molar-refractivity contribution in [3.63, 3.8) is 0 Å². The summed E-state index contributed by atoms with van der Waals surface area (Å²) in [5, 5.41) is 20.9. The van der Waals surface area contributed by atoms with Gasteiger partial charge >= 0.3 is 0 Å². The van der Waals surface area contributed by atoms with Gasteiger partial charge in [-0.25, -0.2) is 0 Å². The Morgan fingerprint density at radius 2 is 2.19 bits per heavy atom. The number of aryl methyl sites for hydroxylation is 1. The van der Waals surface area contributed by atoms with Crippen molar-refractivity contribution in [3.8, 4) is 17.5 Å². The van der Waals surface area contributed by atoms with Crippen LogP contribution in [0.3, 0.4) is 0 Å².